The molecule has 78 valence electrons. The number of nitrogens with zero attached hydrogens (tertiary/aromatic N) is 2. The molecule has 0 aliphatic heterocycles. The van der Waals surface area contributed by atoms with E-state index in [1.165, 1.54) is 7.11 Å². The molecule has 1 N–H and O–H groups in total. The monoisotopic (exact) mass is 197 g/mol. The smallest absolute Gasteiger partial charge is 0.323 e. The molecule has 0 spiro atoms. The first-order valence-corrected chi connectivity index (χ1v) is 4.39. The van der Waals surface area contributed by atoms with Crippen LogP contribution >= 0.6 is 0 Å². The van der Waals surface area contributed by atoms with Crippen molar-refractivity contribution in [3.05, 3.63) is 18.2 Å². The van der Waals surface area contributed by atoms with Gasteiger partial charge in [-0.15, -0.1) is 0 Å². The van der Waals surface area contributed by atoms with Crippen LogP contribution in [-0.2, 0) is 23.0 Å². The fraction of sp³-hybridized carbons (Fsp3) is 0.556. The van der Waals surface area contributed by atoms with Crippen molar-refractivity contribution in [1.82, 2.24) is 14.9 Å². The number of nitrogens with one attached hydrogen (secondary N) is 1. The Hall–Kier alpha value is -1.36. The lowest BCUT2D eigenvalue weighted by Gasteiger charge is -2.11. The standard InChI is InChI=1S/C9H15N3O2/c1-10-8(9(13)14-3)4-7-5-12(2)6-11-7/h5-6,8,10H,4H2,1-3H3. The Morgan fingerprint density at radius 3 is 2.93 bits per heavy atom. The number of hydrogen-bond donors (Lipinski definition) is 1. The van der Waals surface area contributed by atoms with Crippen LogP contribution in [0.4, 0.5) is 0 Å². The predicted octanol–water partition coefficient (Wildman–Crippen LogP) is -0.276. The number of esters is 1. The minimum Gasteiger partial charge on any atom is -0.468 e. The van der Waals surface area contributed by atoms with Crippen molar-refractivity contribution >= 4 is 5.97 Å². The van der Waals surface area contributed by atoms with E-state index in [1.54, 1.807) is 13.4 Å². The van der Waals surface area contributed by atoms with Gasteiger partial charge in [0.05, 0.1) is 19.1 Å². The Kier molecular flexibility index (Phi) is 3.64. The third-order valence-electron chi connectivity index (χ3n) is 2.01. The lowest BCUT2D eigenvalue weighted by molar-refractivity contribution is -0.142. The molecule has 1 unspecified atom stereocenters. The van der Waals surface area contributed by atoms with E-state index < -0.39 is 0 Å². The number of ether oxygens (including phenoxy) is 1. The number of methoxy groups -OCH3 is 1. The summed E-state index contributed by atoms with van der Waals surface area (Å²) < 4.78 is 6.49. The number of likely N-dealkylation sites (N-methyl/N-ethyl adjacent to an activating group) is 1. The highest BCUT2D eigenvalue weighted by molar-refractivity contribution is 5.75. The van der Waals surface area contributed by atoms with E-state index in [0.29, 0.717) is 6.42 Å². The summed E-state index contributed by atoms with van der Waals surface area (Å²) in [5.41, 5.74) is 0.872. The van der Waals surface area contributed by atoms with Gasteiger partial charge in [-0.05, 0) is 7.05 Å². The normalized spacial score (nSPS) is 12.5. The summed E-state index contributed by atoms with van der Waals surface area (Å²) in [5, 5.41) is 2.89. The van der Waals surface area contributed by atoms with E-state index >= 15 is 0 Å². The Morgan fingerprint density at radius 1 is 1.79 bits per heavy atom. The molecule has 1 aromatic heterocycles. The summed E-state index contributed by atoms with van der Waals surface area (Å²) in [5.74, 6) is -0.266. The third-order valence-corrected chi connectivity index (χ3v) is 2.01. The lowest BCUT2D eigenvalue weighted by Crippen LogP contribution is -2.37. The molecule has 14 heavy (non-hydrogen) atoms. The Labute approximate surface area is 83.1 Å². The zero-order chi connectivity index (χ0) is 10.6. The van der Waals surface area contributed by atoms with Gasteiger partial charge in [-0.25, -0.2) is 4.98 Å². The van der Waals surface area contributed by atoms with Gasteiger partial charge < -0.3 is 14.6 Å². The van der Waals surface area contributed by atoms with Crippen molar-refractivity contribution in [3.8, 4) is 0 Å². The van der Waals surface area contributed by atoms with Crippen molar-refractivity contribution in [2.75, 3.05) is 14.2 Å². The van der Waals surface area contributed by atoms with E-state index in [0.717, 1.165) is 5.69 Å². The highest BCUT2D eigenvalue weighted by atomic mass is 16.5. The molecular formula is C9H15N3O2. The maximum atomic E-state index is 11.2. The van der Waals surface area contributed by atoms with E-state index in [4.69, 9.17) is 0 Å². The summed E-state index contributed by atoms with van der Waals surface area (Å²) in [7, 11) is 5.00. The number of aryl methyl sites for hydroxylation is 1. The maximum Gasteiger partial charge on any atom is 0.323 e. The van der Waals surface area contributed by atoms with Crippen LogP contribution in [0.5, 0.6) is 0 Å². The highest BCUT2D eigenvalue weighted by Crippen LogP contribution is 2.00. The van der Waals surface area contributed by atoms with Gasteiger partial charge >= 0.3 is 5.97 Å². The van der Waals surface area contributed by atoms with Gasteiger partial charge in [0.2, 0.25) is 0 Å². The molecule has 0 saturated carbocycles. The molecule has 1 atom stereocenters. The molecule has 5 nitrogen and oxygen atoms in total. The second-order valence-corrected chi connectivity index (χ2v) is 3.10. The quantitative estimate of drug-likeness (QED) is 0.675. The van der Waals surface area contributed by atoms with Crippen molar-refractivity contribution in [3.63, 3.8) is 0 Å². The van der Waals surface area contributed by atoms with Crippen LogP contribution in [0.3, 0.4) is 0 Å². The van der Waals surface area contributed by atoms with Gasteiger partial charge in [0.25, 0.3) is 0 Å². The van der Waals surface area contributed by atoms with Gasteiger partial charge in [-0.2, -0.15) is 0 Å². The number of rotatable bonds is 4. The van der Waals surface area contributed by atoms with Crippen LogP contribution in [0, 0.1) is 0 Å². The SMILES string of the molecule is CNC(Cc1cn(C)cn1)C(=O)OC. The van der Waals surface area contributed by atoms with Crippen LogP contribution in [0.1, 0.15) is 5.69 Å². The lowest BCUT2D eigenvalue weighted by atomic mass is 10.2. The highest BCUT2D eigenvalue weighted by Gasteiger charge is 2.18. The minimum atomic E-state index is -0.324. The maximum absolute atomic E-state index is 11.2. The molecule has 0 saturated heterocycles. The number of imidazole rings is 1. The molecule has 1 aromatic rings. The summed E-state index contributed by atoms with van der Waals surface area (Å²) in [4.78, 5) is 15.4. The van der Waals surface area contributed by atoms with Crippen LogP contribution < -0.4 is 5.32 Å². The predicted molar refractivity (Wildman–Crippen MR) is 51.8 cm³/mol. The van der Waals surface area contributed by atoms with E-state index in [2.05, 4.69) is 15.0 Å². The van der Waals surface area contributed by atoms with Crippen molar-refractivity contribution < 1.29 is 9.53 Å². The number of carbonyl (C=O) groups excluding carboxylic acids is 1. The minimum absolute atomic E-state index is 0.266. The topological polar surface area (TPSA) is 56.2 Å². The first kappa shape index (κ1) is 10.7. The summed E-state index contributed by atoms with van der Waals surface area (Å²) in [6.07, 6.45) is 4.14. The third kappa shape index (κ3) is 2.56. The van der Waals surface area contributed by atoms with Crippen LogP contribution in [0.15, 0.2) is 12.5 Å². The van der Waals surface area contributed by atoms with Gasteiger partial charge in [0.15, 0.2) is 0 Å². The van der Waals surface area contributed by atoms with Crippen molar-refractivity contribution in [1.29, 1.82) is 0 Å². The molecule has 0 amide bonds. The van der Waals surface area contributed by atoms with Crippen molar-refractivity contribution in [2.24, 2.45) is 7.05 Å². The zero-order valence-electron chi connectivity index (χ0n) is 8.65. The zero-order valence-corrected chi connectivity index (χ0v) is 8.65. The Morgan fingerprint density at radius 2 is 2.50 bits per heavy atom. The molecule has 5 heteroatoms. The fourth-order valence-corrected chi connectivity index (χ4v) is 1.23. The van der Waals surface area contributed by atoms with Gasteiger partial charge in [-0.3, -0.25) is 4.79 Å². The molecule has 1 heterocycles. The van der Waals surface area contributed by atoms with Crippen LogP contribution in [0.2, 0.25) is 0 Å². The largest absolute Gasteiger partial charge is 0.468 e. The number of aromatic nitrogens is 2. The Balaban J connectivity index is 2.61. The molecule has 0 radical (unpaired) electrons. The summed E-state index contributed by atoms with van der Waals surface area (Å²) >= 11 is 0. The van der Waals surface area contributed by atoms with E-state index in [1.807, 2.05) is 17.8 Å². The average Bonchev–Trinajstić information content (AvgIpc) is 2.59. The fourth-order valence-electron chi connectivity index (χ4n) is 1.23. The summed E-state index contributed by atoms with van der Waals surface area (Å²) in [6, 6.07) is -0.324. The Bertz CT molecular complexity index is 309. The molecule has 0 bridgehead atoms. The van der Waals surface area contributed by atoms with Gasteiger partial charge in [0.1, 0.15) is 6.04 Å². The summed E-state index contributed by atoms with van der Waals surface area (Å²) in [6.45, 7) is 0. The van der Waals surface area contributed by atoms with E-state index in [9.17, 15) is 4.79 Å². The molecule has 0 fully saturated rings. The average molecular weight is 197 g/mol. The van der Waals surface area contributed by atoms with Gasteiger partial charge in [0, 0.05) is 19.7 Å². The number of hydrogen-bond acceptors (Lipinski definition) is 4. The van der Waals surface area contributed by atoms with E-state index in [-0.39, 0.29) is 12.0 Å². The molecule has 1 rings (SSSR count). The molecule has 0 aliphatic carbocycles. The van der Waals surface area contributed by atoms with Gasteiger partial charge in [-0.1, -0.05) is 0 Å². The first-order valence-electron chi connectivity index (χ1n) is 4.39. The van der Waals surface area contributed by atoms with Crippen LogP contribution in [-0.4, -0.2) is 35.7 Å². The second kappa shape index (κ2) is 4.76. The van der Waals surface area contributed by atoms with Crippen molar-refractivity contribution in [2.45, 2.75) is 12.5 Å². The van der Waals surface area contributed by atoms with Crippen LogP contribution in [0.25, 0.3) is 0 Å². The molecule has 0 aromatic carbocycles. The first-order chi connectivity index (χ1) is 6.67. The molecule has 0 aliphatic rings. The molecular weight excluding hydrogens is 182 g/mol. The number of carbonyl (C=O) groups is 1. The second-order valence-electron chi connectivity index (χ2n) is 3.10.